The third-order valence-corrected chi connectivity index (χ3v) is 5.04. The lowest BCUT2D eigenvalue weighted by molar-refractivity contribution is 0.339. The van der Waals surface area contributed by atoms with Gasteiger partial charge in [0.15, 0.2) is 0 Å². The zero-order chi connectivity index (χ0) is 12.8. The first-order valence-corrected chi connectivity index (χ1v) is 8.28. The Bertz CT molecular complexity index is 377. The average molecular weight is 263 g/mol. The minimum absolute atomic E-state index is 0.381. The van der Waals surface area contributed by atoms with Crippen LogP contribution >= 0.6 is 11.8 Å². The maximum absolute atomic E-state index is 3.44. The summed E-state index contributed by atoms with van der Waals surface area (Å²) in [6.07, 6.45) is 5.26. The summed E-state index contributed by atoms with van der Waals surface area (Å²) in [5, 5.41) is 3.44. The molecule has 0 saturated carbocycles. The van der Waals surface area contributed by atoms with Crippen LogP contribution in [0.5, 0.6) is 0 Å². The van der Waals surface area contributed by atoms with Crippen LogP contribution in [0.25, 0.3) is 0 Å². The number of thioether (sulfide) groups is 1. The van der Waals surface area contributed by atoms with Crippen molar-refractivity contribution in [1.82, 2.24) is 5.32 Å². The monoisotopic (exact) mass is 263 g/mol. The van der Waals surface area contributed by atoms with E-state index in [0.717, 1.165) is 6.54 Å². The first-order chi connectivity index (χ1) is 8.82. The Balaban J connectivity index is 2.24. The van der Waals surface area contributed by atoms with Crippen LogP contribution in [0, 0.1) is 0 Å². The first-order valence-electron chi connectivity index (χ1n) is 7.13. The van der Waals surface area contributed by atoms with Crippen molar-refractivity contribution in [2.24, 2.45) is 0 Å². The highest BCUT2D eigenvalue weighted by atomic mass is 32.2. The minimum Gasteiger partial charge on any atom is -0.319 e. The number of aryl methyl sites for hydroxylation is 1. The molecule has 0 saturated heterocycles. The summed E-state index contributed by atoms with van der Waals surface area (Å²) in [5.74, 6) is 2.52. The van der Waals surface area contributed by atoms with Crippen molar-refractivity contribution in [3.8, 4) is 0 Å². The van der Waals surface area contributed by atoms with Crippen molar-refractivity contribution >= 4 is 11.8 Å². The molecule has 0 heterocycles. The van der Waals surface area contributed by atoms with Gasteiger partial charge in [-0.1, -0.05) is 31.2 Å². The van der Waals surface area contributed by atoms with Crippen molar-refractivity contribution in [2.75, 3.05) is 25.1 Å². The van der Waals surface area contributed by atoms with Gasteiger partial charge in [-0.05, 0) is 55.4 Å². The van der Waals surface area contributed by atoms with E-state index in [2.05, 4.69) is 55.3 Å². The summed E-state index contributed by atoms with van der Waals surface area (Å²) < 4.78 is 0. The van der Waals surface area contributed by atoms with Crippen LogP contribution in [-0.4, -0.2) is 25.1 Å². The molecule has 2 rings (SSSR count). The molecule has 1 atom stereocenters. The van der Waals surface area contributed by atoms with Gasteiger partial charge in [0.25, 0.3) is 0 Å². The van der Waals surface area contributed by atoms with Gasteiger partial charge in [-0.25, -0.2) is 0 Å². The SMILES string of the molecule is CCSCCC1(CNC)CCCc2ccccc21. The van der Waals surface area contributed by atoms with E-state index in [1.165, 1.54) is 37.2 Å². The number of benzene rings is 1. The molecule has 0 aliphatic heterocycles. The molecule has 0 amide bonds. The van der Waals surface area contributed by atoms with Crippen LogP contribution in [0.4, 0.5) is 0 Å². The molecular formula is C16H25NS. The molecule has 2 heteroatoms. The number of nitrogens with one attached hydrogen (secondary N) is 1. The second-order valence-electron chi connectivity index (χ2n) is 5.27. The molecule has 0 spiro atoms. The summed E-state index contributed by atoms with van der Waals surface area (Å²) in [6, 6.07) is 9.09. The number of rotatable bonds is 6. The van der Waals surface area contributed by atoms with Crippen LogP contribution < -0.4 is 5.32 Å². The molecule has 1 aliphatic rings. The van der Waals surface area contributed by atoms with Gasteiger partial charge in [-0.2, -0.15) is 11.8 Å². The van der Waals surface area contributed by atoms with Crippen LogP contribution in [-0.2, 0) is 11.8 Å². The zero-order valence-corrected chi connectivity index (χ0v) is 12.5. The molecule has 0 fully saturated rings. The van der Waals surface area contributed by atoms with Crippen LogP contribution in [0.3, 0.4) is 0 Å². The van der Waals surface area contributed by atoms with Gasteiger partial charge in [0, 0.05) is 12.0 Å². The highest BCUT2D eigenvalue weighted by Gasteiger charge is 2.35. The molecule has 1 nitrogen and oxygen atoms in total. The fourth-order valence-electron chi connectivity index (χ4n) is 3.29. The van der Waals surface area contributed by atoms with Crippen molar-refractivity contribution in [3.63, 3.8) is 0 Å². The van der Waals surface area contributed by atoms with Gasteiger partial charge in [-0.3, -0.25) is 0 Å². The molecule has 100 valence electrons. The molecule has 1 aromatic rings. The van der Waals surface area contributed by atoms with Gasteiger partial charge >= 0.3 is 0 Å². The highest BCUT2D eigenvalue weighted by Crippen LogP contribution is 2.40. The van der Waals surface area contributed by atoms with Gasteiger partial charge in [0.2, 0.25) is 0 Å². The second kappa shape index (κ2) is 6.63. The fourth-order valence-corrected chi connectivity index (χ4v) is 4.11. The Kier molecular flexibility index (Phi) is 5.13. The maximum Gasteiger partial charge on any atom is 0.00883 e. The fraction of sp³-hybridized carbons (Fsp3) is 0.625. The molecule has 0 bridgehead atoms. The van der Waals surface area contributed by atoms with E-state index in [9.17, 15) is 0 Å². The zero-order valence-electron chi connectivity index (χ0n) is 11.7. The predicted octanol–water partition coefficient (Wildman–Crippen LogP) is 3.62. The second-order valence-corrected chi connectivity index (χ2v) is 6.66. The Morgan fingerprint density at radius 3 is 2.94 bits per heavy atom. The molecular weight excluding hydrogens is 238 g/mol. The van der Waals surface area contributed by atoms with Crippen molar-refractivity contribution in [3.05, 3.63) is 35.4 Å². The van der Waals surface area contributed by atoms with E-state index in [4.69, 9.17) is 0 Å². The van der Waals surface area contributed by atoms with E-state index >= 15 is 0 Å². The molecule has 1 N–H and O–H groups in total. The predicted molar refractivity (Wildman–Crippen MR) is 82.6 cm³/mol. The normalized spacial score (nSPS) is 22.8. The minimum atomic E-state index is 0.381. The average Bonchev–Trinajstić information content (AvgIpc) is 2.40. The molecule has 1 aliphatic carbocycles. The van der Waals surface area contributed by atoms with Crippen molar-refractivity contribution < 1.29 is 0 Å². The Labute approximate surface area is 116 Å². The van der Waals surface area contributed by atoms with E-state index in [-0.39, 0.29) is 0 Å². The largest absolute Gasteiger partial charge is 0.319 e. The van der Waals surface area contributed by atoms with Gasteiger partial charge in [0.05, 0.1) is 0 Å². The number of hydrogen-bond donors (Lipinski definition) is 1. The van der Waals surface area contributed by atoms with E-state index < -0.39 is 0 Å². The maximum atomic E-state index is 3.44. The quantitative estimate of drug-likeness (QED) is 0.787. The van der Waals surface area contributed by atoms with E-state index in [1.807, 2.05) is 0 Å². The van der Waals surface area contributed by atoms with Crippen LogP contribution in [0.2, 0.25) is 0 Å². The number of hydrogen-bond acceptors (Lipinski definition) is 2. The summed E-state index contributed by atoms with van der Waals surface area (Å²) in [6.45, 7) is 3.37. The topological polar surface area (TPSA) is 12.0 Å². The van der Waals surface area contributed by atoms with Gasteiger partial charge < -0.3 is 5.32 Å². The third-order valence-electron chi connectivity index (χ3n) is 4.13. The van der Waals surface area contributed by atoms with Crippen molar-refractivity contribution in [1.29, 1.82) is 0 Å². The molecule has 1 aromatic carbocycles. The van der Waals surface area contributed by atoms with Crippen LogP contribution in [0.1, 0.15) is 37.3 Å². The Morgan fingerprint density at radius 2 is 2.17 bits per heavy atom. The summed E-state index contributed by atoms with van der Waals surface area (Å²) in [7, 11) is 2.09. The van der Waals surface area contributed by atoms with Crippen LogP contribution in [0.15, 0.2) is 24.3 Å². The highest BCUT2D eigenvalue weighted by molar-refractivity contribution is 7.99. The smallest absolute Gasteiger partial charge is 0.00883 e. The summed E-state index contributed by atoms with van der Waals surface area (Å²) in [5.41, 5.74) is 3.58. The lowest BCUT2D eigenvalue weighted by atomic mass is 9.68. The van der Waals surface area contributed by atoms with Crippen molar-refractivity contribution in [2.45, 2.75) is 38.0 Å². The van der Waals surface area contributed by atoms with E-state index in [1.54, 1.807) is 11.1 Å². The molecule has 0 radical (unpaired) electrons. The number of fused-ring (bicyclic) bond motifs is 1. The molecule has 18 heavy (non-hydrogen) atoms. The lowest BCUT2D eigenvalue weighted by Gasteiger charge is -2.39. The molecule has 1 unspecified atom stereocenters. The number of likely N-dealkylation sites (N-methyl/N-ethyl adjacent to an activating group) is 1. The van der Waals surface area contributed by atoms with E-state index in [0.29, 0.717) is 5.41 Å². The lowest BCUT2D eigenvalue weighted by Crippen LogP contribution is -2.40. The Morgan fingerprint density at radius 1 is 1.33 bits per heavy atom. The molecule has 0 aromatic heterocycles. The van der Waals surface area contributed by atoms with Gasteiger partial charge in [0.1, 0.15) is 0 Å². The standard InChI is InChI=1S/C16H25NS/c1-3-18-12-11-16(13-17-2)10-6-8-14-7-4-5-9-15(14)16/h4-5,7,9,17H,3,6,8,10-13H2,1-2H3. The Hall–Kier alpha value is -0.470. The summed E-state index contributed by atoms with van der Waals surface area (Å²) in [4.78, 5) is 0. The van der Waals surface area contributed by atoms with Gasteiger partial charge in [-0.15, -0.1) is 0 Å². The summed E-state index contributed by atoms with van der Waals surface area (Å²) >= 11 is 2.07. The first kappa shape index (κ1) is 14.0. The third kappa shape index (κ3) is 2.92.